The average molecular weight is 1030 g/mol. The normalized spacial score (nSPS) is 13.9. The highest BCUT2D eigenvalue weighted by atomic mass is 16.5. The number of hydrogen-bond acceptors (Lipinski definition) is 2. The molecular formula is C74H66N4O. The Hall–Kier alpha value is -8.80. The molecule has 79 heavy (non-hydrogen) atoms. The molecule has 0 bridgehead atoms. The number of hydrogen-bond donors (Lipinski definition) is 0. The first-order valence-electron chi connectivity index (χ1n) is 30.3. The number of pyridine rings is 1. The summed E-state index contributed by atoms with van der Waals surface area (Å²) in [4.78, 5) is 4.92. The van der Waals surface area contributed by atoms with Crippen molar-refractivity contribution in [1.82, 2.24) is 14.1 Å². The van der Waals surface area contributed by atoms with E-state index in [0.29, 0.717) is 28.3 Å². The van der Waals surface area contributed by atoms with Crippen molar-refractivity contribution in [2.24, 2.45) is 0 Å². The van der Waals surface area contributed by atoms with Gasteiger partial charge < -0.3 is 4.74 Å². The highest BCUT2D eigenvalue weighted by molar-refractivity contribution is 6.09. The lowest BCUT2D eigenvalue weighted by Crippen LogP contribution is -2.32. The number of aryl methyl sites for hydroxylation is 2. The second-order valence-electron chi connectivity index (χ2n) is 24.3. The predicted octanol–water partition coefficient (Wildman–Crippen LogP) is 19.1. The van der Waals surface area contributed by atoms with E-state index in [0.717, 1.165) is 88.9 Å². The van der Waals surface area contributed by atoms with E-state index in [-0.39, 0.29) is 32.9 Å². The Labute approximate surface area is 473 Å². The molecule has 0 N–H and O–H groups in total. The Bertz CT molecular complexity index is 4620. The Morgan fingerprint density at radius 3 is 1.75 bits per heavy atom. The van der Waals surface area contributed by atoms with Gasteiger partial charge in [0.2, 0.25) is 0 Å². The summed E-state index contributed by atoms with van der Waals surface area (Å²) in [7, 11) is 0. The molecule has 0 saturated carbocycles. The first-order valence-corrected chi connectivity index (χ1v) is 27.3. The van der Waals surface area contributed by atoms with E-state index in [1.54, 1.807) is 0 Å². The Kier molecular flexibility index (Phi) is 10.1. The molecule has 0 radical (unpaired) electrons. The molecule has 0 saturated heterocycles. The van der Waals surface area contributed by atoms with Crippen LogP contribution in [0, 0.1) is 20.0 Å². The van der Waals surface area contributed by atoms with E-state index < -0.39 is 13.7 Å². The first-order chi connectivity index (χ1) is 40.3. The zero-order valence-electron chi connectivity index (χ0n) is 52.2. The Morgan fingerprint density at radius 2 is 1.06 bits per heavy atom. The summed E-state index contributed by atoms with van der Waals surface area (Å²) in [5.41, 5.74) is 16.4. The summed E-state index contributed by atoms with van der Waals surface area (Å²) in [5.74, 6) is 2.01. The molecule has 0 amide bonds. The molecule has 0 atom stereocenters. The van der Waals surface area contributed by atoms with Gasteiger partial charge in [-0.05, 0) is 168 Å². The van der Waals surface area contributed by atoms with Crippen molar-refractivity contribution in [3.8, 4) is 84.3 Å². The molecule has 12 aromatic rings. The maximum absolute atomic E-state index is 8.89. The zero-order valence-corrected chi connectivity index (χ0v) is 46.2. The second-order valence-corrected chi connectivity index (χ2v) is 24.3. The third kappa shape index (κ3) is 8.55. The van der Waals surface area contributed by atoms with Gasteiger partial charge in [-0.2, -0.15) is 0 Å². The Balaban J connectivity index is 1.11. The zero-order chi connectivity index (χ0) is 59.7. The molecule has 0 spiro atoms. The van der Waals surface area contributed by atoms with Gasteiger partial charge in [0.05, 0.1) is 33.4 Å². The van der Waals surface area contributed by atoms with Gasteiger partial charge in [0, 0.05) is 31.3 Å². The quantitative estimate of drug-likeness (QED) is 0.123. The monoisotopic (exact) mass is 1030 g/mol. The standard InChI is InChI=1S/C74H66N4O/c1-46-20-18-21-47(2)69(46)49-38-63-58-26-14-12-24-56(58)57-25-13-15-27-59(57)64-41-52(74(9,10)11)40-62(48-30-32-50(33-31-48)72(3,4)5)70(64)77-45-76(67(39-49)71(63)77)53-22-19-23-54(43-53)79-55-34-35-61-60-28-16-17-29-65(60)78(66(61)44-55)68-42-51(36-37-75-68)73(6,7)8/h12-44H,1-11H3/i1D3,2D3. The van der Waals surface area contributed by atoms with Crippen LogP contribution in [-0.2, 0) is 16.2 Å². The summed E-state index contributed by atoms with van der Waals surface area (Å²) < 4.78 is 66.7. The second kappa shape index (κ2) is 18.4. The lowest BCUT2D eigenvalue weighted by molar-refractivity contribution is -0.570. The number of para-hydroxylation sites is 1. The minimum Gasteiger partial charge on any atom is -0.458 e. The summed E-state index contributed by atoms with van der Waals surface area (Å²) in [6, 6.07) is 65.8. The van der Waals surface area contributed by atoms with E-state index >= 15 is 0 Å². The third-order valence-corrected chi connectivity index (χ3v) is 15.9. The maximum Gasteiger partial charge on any atom is 0.269 e. The number of imidazole rings is 1. The largest absolute Gasteiger partial charge is 0.458 e. The van der Waals surface area contributed by atoms with Gasteiger partial charge >= 0.3 is 0 Å². The van der Waals surface area contributed by atoms with Gasteiger partial charge in [0.25, 0.3) is 6.33 Å². The molecule has 3 aromatic heterocycles. The number of nitrogens with zero attached hydrogens (tertiary/aromatic N) is 4. The van der Waals surface area contributed by atoms with Crippen molar-refractivity contribution >= 4 is 32.8 Å². The highest BCUT2D eigenvalue weighted by Crippen LogP contribution is 2.48. The van der Waals surface area contributed by atoms with Crippen LogP contribution in [0.15, 0.2) is 200 Å². The number of fused-ring (bicyclic) bond motifs is 10. The van der Waals surface area contributed by atoms with Crippen LogP contribution in [0.25, 0.3) is 106 Å². The van der Waals surface area contributed by atoms with Crippen LogP contribution in [-0.4, -0.2) is 14.1 Å². The van der Waals surface area contributed by atoms with Gasteiger partial charge in [-0.25, -0.2) is 4.98 Å². The summed E-state index contributed by atoms with van der Waals surface area (Å²) in [5, 5.41) is 2.18. The van der Waals surface area contributed by atoms with E-state index in [1.807, 2.05) is 59.3 Å². The molecule has 0 aliphatic carbocycles. The van der Waals surface area contributed by atoms with Gasteiger partial charge in [0.1, 0.15) is 17.3 Å². The molecule has 1 aliphatic rings. The average Bonchev–Trinajstić information content (AvgIpc) is 1.80. The molecular weight excluding hydrogens is 961 g/mol. The van der Waals surface area contributed by atoms with Crippen LogP contribution in [0.1, 0.15) is 98.4 Å². The minimum absolute atomic E-state index is 0.0468. The van der Waals surface area contributed by atoms with Crippen molar-refractivity contribution in [3.63, 3.8) is 0 Å². The van der Waals surface area contributed by atoms with E-state index in [1.165, 1.54) is 29.3 Å². The van der Waals surface area contributed by atoms with Gasteiger partial charge in [-0.3, -0.25) is 13.7 Å². The molecule has 388 valence electrons. The lowest BCUT2D eigenvalue weighted by Gasteiger charge is -2.26. The fraction of sp³-hybridized carbons (Fsp3) is 0.189. The minimum atomic E-state index is -2.66. The number of benzene rings is 9. The number of ether oxygens (including phenoxy) is 1. The Morgan fingerprint density at radius 1 is 0.456 bits per heavy atom. The van der Waals surface area contributed by atoms with Gasteiger partial charge in [-0.1, -0.05) is 196 Å². The summed E-state index contributed by atoms with van der Waals surface area (Å²) in [6.07, 6.45) is 5.83. The smallest absolute Gasteiger partial charge is 0.269 e. The van der Waals surface area contributed by atoms with E-state index in [9.17, 15) is 0 Å². The van der Waals surface area contributed by atoms with E-state index in [2.05, 4.69) is 205 Å². The van der Waals surface area contributed by atoms with Crippen LogP contribution in [0.2, 0.25) is 0 Å². The van der Waals surface area contributed by atoms with Crippen LogP contribution < -0.4 is 9.30 Å². The topological polar surface area (TPSA) is 35.9 Å². The van der Waals surface area contributed by atoms with Gasteiger partial charge in [-0.15, -0.1) is 0 Å². The molecule has 5 heteroatoms. The predicted molar refractivity (Wildman–Crippen MR) is 329 cm³/mol. The summed E-state index contributed by atoms with van der Waals surface area (Å²) >= 11 is 0. The molecule has 0 unspecified atom stereocenters. The van der Waals surface area contributed by atoms with Crippen molar-refractivity contribution in [2.75, 3.05) is 0 Å². The van der Waals surface area contributed by atoms with Crippen molar-refractivity contribution < 1.29 is 17.5 Å². The first kappa shape index (κ1) is 43.2. The fourth-order valence-electron chi connectivity index (χ4n) is 11.7. The van der Waals surface area contributed by atoms with Crippen molar-refractivity contribution in [2.45, 2.75) is 92.3 Å². The highest BCUT2D eigenvalue weighted by Gasteiger charge is 2.30. The third-order valence-electron chi connectivity index (χ3n) is 15.9. The lowest BCUT2D eigenvalue weighted by atomic mass is 9.80. The number of aromatic nitrogens is 4. The van der Waals surface area contributed by atoms with Crippen molar-refractivity contribution in [1.29, 1.82) is 0 Å². The molecule has 5 nitrogen and oxygen atoms in total. The van der Waals surface area contributed by atoms with E-state index in [4.69, 9.17) is 17.9 Å². The fourth-order valence-corrected chi connectivity index (χ4v) is 11.7. The molecule has 4 heterocycles. The van der Waals surface area contributed by atoms with Crippen LogP contribution in [0.4, 0.5) is 0 Å². The summed E-state index contributed by atoms with van der Waals surface area (Å²) in [6.45, 7) is 14.8. The van der Waals surface area contributed by atoms with Crippen LogP contribution in [0.5, 0.6) is 11.5 Å². The maximum atomic E-state index is 8.89. The SMILES string of the molecule is [2H]C([2H])([2H])c1cccc(C([2H])([2H])[2H])c1-c1cc2c3c(c1)n(-c1cccc(Oc4ccc5c6ccccc6n(-c6cc(C(C)(C)C)ccn6)c5c4)c1)[c-][n+]3-c1c(-c3ccc(C(C)(C)C)cc3)cc(C(C)(C)C)cc1-c1ccccc1-c1ccccc1-2. The van der Waals surface area contributed by atoms with Gasteiger partial charge in [0.15, 0.2) is 0 Å². The molecule has 9 aromatic carbocycles. The molecule has 13 rings (SSSR count). The van der Waals surface area contributed by atoms with Crippen LogP contribution in [0.3, 0.4) is 0 Å². The van der Waals surface area contributed by atoms with Crippen LogP contribution >= 0.6 is 0 Å². The number of rotatable bonds is 6. The molecule has 0 fully saturated rings. The molecule has 1 aliphatic heterocycles. The van der Waals surface area contributed by atoms with Crippen molar-refractivity contribution in [3.05, 3.63) is 234 Å².